The molecule has 0 spiro atoms. The maximum absolute atomic E-state index is 11.6. The number of hydrogen-bond donors (Lipinski definition) is 1. The molecule has 0 aromatic rings. The van der Waals surface area contributed by atoms with Crippen molar-refractivity contribution in [3.63, 3.8) is 0 Å². The molecule has 0 atom stereocenters. The quantitative estimate of drug-likeness (QED) is 0.270. The van der Waals surface area contributed by atoms with Crippen molar-refractivity contribution in [3.05, 3.63) is 4.91 Å². The van der Waals surface area contributed by atoms with Gasteiger partial charge in [0.15, 0.2) is 0 Å². The van der Waals surface area contributed by atoms with Gasteiger partial charge in [-0.1, -0.05) is 6.92 Å². The van der Waals surface area contributed by atoms with Gasteiger partial charge in [-0.3, -0.25) is 4.90 Å². The number of halogens is 5. The fraction of sp³-hybridized carbons (Fsp3) is 0.938. The standard InChI is InChI=1S/C10H18ClN3O2.C6H12Cl3N.ClH/c1-8-2-4-9(5-3-8)12-10(15)14(13-16)7-6-11;7-1-4-10(5-2-8)6-3-9;/h8-9H,2-7H2,1H3,(H,12,15);1-6H2;1H. The van der Waals surface area contributed by atoms with E-state index in [9.17, 15) is 9.70 Å². The monoisotopic (exact) mass is 486 g/mol. The molecule has 1 fully saturated rings. The van der Waals surface area contributed by atoms with Crippen LogP contribution in [0.5, 0.6) is 0 Å². The van der Waals surface area contributed by atoms with Crippen molar-refractivity contribution in [3.8, 4) is 0 Å². The smallest absolute Gasteiger partial charge is 0.334 e. The van der Waals surface area contributed by atoms with E-state index in [4.69, 9.17) is 46.4 Å². The minimum Gasteiger partial charge on any atom is -0.334 e. The molecule has 0 heterocycles. The van der Waals surface area contributed by atoms with Gasteiger partial charge < -0.3 is 5.32 Å². The Kier molecular flexibility index (Phi) is 21.4. The number of carbonyl (C=O) groups excluding carboxylic acids is 1. The number of nitrogens with zero attached hydrogens (tertiary/aromatic N) is 3. The molecule has 27 heavy (non-hydrogen) atoms. The second-order valence-electron chi connectivity index (χ2n) is 6.21. The first kappa shape index (κ1) is 29.5. The summed E-state index contributed by atoms with van der Waals surface area (Å²) in [5, 5.41) is 6.29. The predicted molar refractivity (Wildman–Crippen MR) is 119 cm³/mol. The van der Waals surface area contributed by atoms with E-state index in [0.29, 0.717) is 17.6 Å². The summed E-state index contributed by atoms with van der Waals surface area (Å²) >= 11 is 22.1. The zero-order valence-corrected chi connectivity index (χ0v) is 19.6. The highest BCUT2D eigenvalue weighted by Gasteiger charge is 2.22. The van der Waals surface area contributed by atoms with Crippen LogP contribution in [0.15, 0.2) is 5.29 Å². The summed E-state index contributed by atoms with van der Waals surface area (Å²) in [6, 6.07) is -0.265. The predicted octanol–water partition coefficient (Wildman–Crippen LogP) is 4.92. The first-order valence-electron chi connectivity index (χ1n) is 8.89. The summed E-state index contributed by atoms with van der Waals surface area (Å²) < 4.78 is 0. The number of hydrogen-bond acceptors (Lipinski definition) is 4. The lowest BCUT2D eigenvalue weighted by molar-refractivity contribution is 0.191. The molecule has 11 heteroatoms. The van der Waals surface area contributed by atoms with Crippen molar-refractivity contribution in [2.75, 3.05) is 49.7 Å². The highest BCUT2D eigenvalue weighted by atomic mass is 35.5. The highest BCUT2D eigenvalue weighted by molar-refractivity contribution is 6.19. The molecule has 1 aliphatic carbocycles. The first-order valence-corrected chi connectivity index (χ1v) is 11.0. The normalized spacial score (nSPS) is 18.7. The van der Waals surface area contributed by atoms with Gasteiger partial charge in [0.1, 0.15) is 0 Å². The van der Waals surface area contributed by atoms with E-state index in [2.05, 4.69) is 22.4 Å². The van der Waals surface area contributed by atoms with Gasteiger partial charge in [0.05, 0.1) is 11.8 Å². The molecular weight excluding hydrogens is 457 g/mol. The van der Waals surface area contributed by atoms with E-state index in [0.717, 1.165) is 56.2 Å². The third-order valence-corrected chi connectivity index (χ3v) is 4.85. The molecule has 2 amide bonds. The number of carbonyl (C=O) groups is 1. The largest absolute Gasteiger partial charge is 0.340 e. The number of rotatable bonds is 10. The molecule has 0 aromatic heterocycles. The van der Waals surface area contributed by atoms with E-state index in [-0.39, 0.29) is 30.9 Å². The van der Waals surface area contributed by atoms with Crippen LogP contribution in [0.25, 0.3) is 0 Å². The lowest BCUT2D eigenvalue weighted by Gasteiger charge is -2.27. The lowest BCUT2D eigenvalue weighted by atomic mass is 9.87. The van der Waals surface area contributed by atoms with Crippen LogP contribution in [0.3, 0.4) is 0 Å². The van der Waals surface area contributed by atoms with Gasteiger partial charge in [0.25, 0.3) is 0 Å². The first-order chi connectivity index (χ1) is 12.5. The van der Waals surface area contributed by atoms with Crippen molar-refractivity contribution in [1.82, 2.24) is 15.2 Å². The molecule has 1 saturated carbocycles. The van der Waals surface area contributed by atoms with Crippen molar-refractivity contribution in [2.45, 2.75) is 38.6 Å². The number of urea groups is 1. The van der Waals surface area contributed by atoms with Crippen molar-refractivity contribution in [1.29, 1.82) is 0 Å². The van der Waals surface area contributed by atoms with Crippen LogP contribution in [-0.2, 0) is 0 Å². The molecule has 0 bridgehead atoms. The van der Waals surface area contributed by atoms with Gasteiger partial charge in [-0.05, 0) is 31.6 Å². The minimum absolute atomic E-state index is 0. The molecule has 6 nitrogen and oxygen atoms in total. The van der Waals surface area contributed by atoms with Crippen LogP contribution in [0.4, 0.5) is 4.79 Å². The average molecular weight is 489 g/mol. The Labute approximate surface area is 188 Å². The molecule has 0 saturated heterocycles. The van der Waals surface area contributed by atoms with Crippen molar-refractivity contribution in [2.24, 2.45) is 11.2 Å². The fourth-order valence-electron chi connectivity index (χ4n) is 2.61. The number of nitroso groups, excluding NO2 is 1. The van der Waals surface area contributed by atoms with E-state index < -0.39 is 6.03 Å². The van der Waals surface area contributed by atoms with Gasteiger partial charge >= 0.3 is 6.03 Å². The molecular formula is C16H31Cl5N4O2. The fourth-order valence-corrected chi connectivity index (χ4v) is 3.48. The maximum atomic E-state index is 11.6. The number of nitrogens with one attached hydrogen (secondary N) is 1. The molecule has 162 valence electrons. The Bertz CT molecular complexity index is 360. The van der Waals surface area contributed by atoms with E-state index >= 15 is 0 Å². The SMILES string of the molecule is CC1CCC(NC(=O)N(CCCl)N=O)CC1.Cl.ClCCN(CCCl)CCCl. The zero-order valence-electron chi connectivity index (χ0n) is 15.7. The van der Waals surface area contributed by atoms with E-state index in [1.54, 1.807) is 0 Å². The molecule has 0 unspecified atom stereocenters. The summed E-state index contributed by atoms with van der Waals surface area (Å²) in [6.45, 7) is 4.99. The topological polar surface area (TPSA) is 65.0 Å². The second kappa shape index (κ2) is 19.6. The van der Waals surface area contributed by atoms with Gasteiger partial charge in [-0.25, -0.2) is 4.79 Å². The van der Waals surface area contributed by atoms with E-state index in [1.165, 1.54) is 0 Å². The van der Waals surface area contributed by atoms with Crippen LogP contribution >= 0.6 is 58.8 Å². The lowest BCUT2D eigenvalue weighted by Crippen LogP contribution is -2.44. The molecule has 1 aliphatic rings. The molecule has 1 rings (SSSR count). The van der Waals surface area contributed by atoms with E-state index in [1.807, 2.05) is 0 Å². The second-order valence-corrected chi connectivity index (χ2v) is 7.72. The molecule has 0 aromatic carbocycles. The van der Waals surface area contributed by atoms with Crippen LogP contribution < -0.4 is 5.32 Å². The Hall–Kier alpha value is 0.280. The van der Waals surface area contributed by atoms with Crippen molar-refractivity contribution < 1.29 is 4.79 Å². The Balaban J connectivity index is 0. The van der Waals surface area contributed by atoms with Gasteiger partial charge in [-0.15, -0.1) is 63.7 Å². The summed E-state index contributed by atoms with van der Waals surface area (Å²) in [6.07, 6.45) is 4.19. The summed E-state index contributed by atoms with van der Waals surface area (Å²) in [4.78, 5) is 24.1. The summed E-state index contributed by atoms with van der Waals surface area (Å²) in [7, 11) is 0. The van der Waals surface area contributed by atoms with Crippen LogP contribution in [0, 0.1) is 10.8 Å². The number of amides is 2. The van der Waals surface area contributed by atoms with Crippen LogP contribution in [0.2, 0.25) is 0 Å². The van der Waals surface area contributed by atoms with Gasteiger partial charge in [-0.2, -0.15) is 5.01 Å². The zero-order chi connectivity index (χ0) is 19.8. The van der Waals surface area contributed by atoms with Gasteiger partial charge in [0.2, 0.25) is 0 Å². The summed E-state index contributed by atoms with van der Waals surface area (Å²) in [5.41, 5.74) is 0. The maximum Gasteiger partial charge on any atom is 0.340 e. The molecule has 0 radical (unpaired) electrons. The Morgan fingerprint density at radius 2 is 1.37 bits per heavy atom. The number of alkyl halides is 4. The van der Waals surface area contributed by atoms with Crippen LogP contribution in [0.1, 0.15) is 32.6 Å². The molecule has 0 aliphatic heterocycles. The van der Waals surface area contributed by atoms with Crippen LogP contribution in [-0.4, -0.2) is 71.7 Å². The van der Waals surface area contributed by atoms with Gasteiger partial charge in [0, 0.05) is 49.2 Å². The Morgan fingerprint density at radius 1 is 0.926 bits per heavy atom. The third-order valence-electron chi connectivity index (χ3n) is 4.17. The minimum atomic E-state index is -0.435. The molecule has 1 N–H and O–H groups in total. The Morgan fingerprint density at radius 3 is 1.74 bits per heavy atom. The van der Waals surface area contributed by atoms with Crippen molar-refractivity contribution >= 4 is 64.8 Å². The average Bonchev–Trinajstić information content (AvgIpc) is 2.63. The summed E-state index contributed by atoms with van der Waals surface area (Å²) in [5.74, 6) is 2.88. The third kappa shape index (κ3) is 14.9. The highest BCUT2D eigenvalue weighted by Crippen LogP contribution is 2.23.